The molecule has 0 spiro atoms. The molecule has 1 aromatic heterocycles. The fourth-order valence-corrected chi connectivity index (χ4v) is 5.42. The Morgan fingerprint density at radius 1 is 1.05 bits per heavy atom. The summed E-state index contributed by atoms with van der Waals surface area (Å²) in [6.07, 6.45) is 8.81. The average Bonchev–Trinajstić information content (AvgIpc) is 2.43. The van der Waals surface area contributed by atoms with Gasteiger partial charge in [-0.3, -0.25) is 4.98 Å². The van der Waals surface area contributed by atoms with E-state index in [0.717, 1.165) is 29.4 Å². The third-order valence-electron chi connectivity index (χ3n) is 5.83. The first kappa shape index (κ1) is 11.5. The highest BCUT2D eigenvalue weighted by Gasteiger charge is 2.51. The van der Waals surface area contributed by atoms with Gasteiger partial charge in [0.05, 0.1) is 17.7 Å². The van der Waals surface area contributed by atoms with Gasteiger partial charge in [-0.1, -0.05) is 6.07 Å². The molecular weight excluding hydrogens is 232 g/mol. The Bertz CT molecular complexity index is 474. The van der Waals surface area contributed by atoms with Gasteiger partial charge in [0.2, 0.25) is 0 Å². The van der Waals surface area contributed by atoms with Crippen molar-refractivity contribution in [1.82, 2.24) is 4.98 Å². The molecule has 1 heterocycles. The van der Waals surface area contributed by atoms with Crippen molar-refractivity contribution in [3.63, 3.8) is 0 Å². The standard InChI is InChI=1S/C17H20N2/c18-10-15(16-3-1-2-4-19-16)17-13-6-11-5-12(8-13)9-14(17)7-11/h1-4,11-15,17H,5-9H2. The average molecular weight is 252 g/mol. The van der Waals surface area contributed by atoms with E-state index < -0.39 is 0 Å². The van der Waals surface area contributed by atoms with Crippen LogP contribution in [0, 0.1) is 40.9 Å². The van der Waals surface area contributed by atoms with Crippen molar-refractivity contribution in [3.8, 4) is 6.07 Å². The number of rotatable bonds is 2. The molecule has 1 unspecified atom stereocenters. The van der Waals surface area contributed by atoms with Gasteiger partial charge in [-0.25, -0.2) is 0 Å². The van der Waals surface area contributed by atoms with Crippen molar-refractivity contribution < 1.29 is 0 Å². The smallest absolute Gasteiger partial charge is 0.0918 e. The first-order valence-electron chi connectivity index (χ1n) is 7.65. The van der Waals surface area contributed by atoms with Crippen LogP contribution in [0.25, 0.3) is 0 Å². The minimum absolute atomic E-state index is 0.0243. The van der Waals surface area contributed by atoms with Crippen LogP contribution in [-0.2, 0) is 0 Å². The maximum absolute atomic E-state index is 9.67. The molecule has 0 saturated heterocycles. The molecule has 5 rings (SSSR count). The summed E-state index contributed by atoms with van der Waals surface area (Å²) >= 11 is 0. The lowest BCUT2D eigenvalue weighted by Crippen LogP contribution is -2.47. The second kappa shape index (κ2) is 4.34. The minimum atomic E-state index is 0.0243. The van der Waals surface area contributed by atoms with Crippen LogP contribution in [0.5, 0.6) is 0 Å². The molecule has 19 heavy (non-hydrogen) atoms. The van der Waals surface area contributed by atoms with E-state index in [1.807, 2.05) is 24.4 Å². The number of hydrogen-bond acceptors (Lipinski definition) is 2. The summed E-state index contributed by atoms with van der Waals surface area (Å²) in [6, 6.07) is 8.58. The van der Waals surface area contributed by atoms with Gasteiger partial charge in [0.25, 0.3) is 0 Å². The predicted octanol–water partition coefficient (Wildman–Crippen LogP) is 3.76. The predicted molar refractivity (Wildman–Crippen MR) is 73.1 cm³/mol. The minimum Gasteiger partial charge on any atom is -0.260 e. The number of nitriles is 1. The molecular formula is C17H20N2. The van der Waals surface area contributed by atoms with Crippen molar-refractivity contribution >= 4 is 0 Å². The highest BCUT2D eigenvalue weighted by molar-refractivity contribution is 5.21. The molecule has 4 fully saturated rings. The maximum Gasteiger partial charge on any atom is 0.0918 e. The van der Waals surface area contributed by atoms with E-state index in [1.54, 1.807) is 0 Å². The van der Waals surface area contributed by atoms with E-state index in [1.165, 1.54) is 32.1 Å². The normalized spacial score (nSPS) is 40.9. The molecule has 0 aromatic carbocycles. The van der Waals surface area contributed by atoms with Crippen LogP contribution in [0.1, 0.15) is 43.7 Å². The van der Waals surface area contributed by atoms with Crippen molar-refractivity contribution in [3.05, 3.63) is 30.1 Å². The molecule has 0 amide bonds. The van der Waals surface area contributed by atoms with Crippen LogP contribution in [0.4, 0.5) is 0 Å². The molecule has 0 N–H and O–H groups in total. The first-order chi connectivity index (χ1) is 9.35. The van der Waals surface area contributed by atoms with Crippen molar-refractivity contribution in [2.24, 2.45) is 29.6 Å². The molecule has 4 aliphatic carbocycles. The lowest BCUT2D eigenvalue weighted by molar-refractivity contribution is -0.0415. The van der Waals surface area contributed by atoms with Gasteiger partial charge in [-0.2, -0.15) is 5.26 Å². The molecule has 0 radical (unpaired) electrons. The summed E-state index contributed by atoms with van der Waals surface area (Å²) < 4.78 is 0. The second-order valence-corrected chi connectivity index (χ2v) is 6.87. The summed E-state index contributed by atoms with van der Waals surface area (Å²) in [4.78, 5) is 4.46. The van der Waals surface area contributed by atoms with Gasteiger partial charge in [0.15, 0.2) is 0 Å². The first-order valence-corrected chi connectivity index (χ1v) is 7.65. The van der Waals surface area contributed by atoms with E-state index in [2.05, 4.69) is 11.1 Å². The lowest BCUT2D eigenvalue weighted by Gasteiger charge is -2.55. The summed E-state index contributed by atoms with van der Waals surface area (Å²) in [5.74, 6) is 4.14. The largest absolute Gasteiger partial charge is 0.260 e. The molecule has 2 heteroatoms. The monoisotopic (exact) mass is 252 g/mol. The third-order valence-corrected chi connectivity index (χ3v) is 5.83. The van der Waals surface area contributed by atoms with Crippen LogP contribution in [0.15, 0.2) is 24.4 Å². The van der Waals surface area contributed by atoms with Gasteiger partial charge in [-0.15, -0.1) is 0 Å². The summed E-state index contributed by atoms with van der Waals surface area (Å²) in [5.41, 5.74) is 1.00. The van der Waals surface area contributed by atoms with Crippen LogP contribution in [0.3, 0.4) is 0 Å². The van der Waals surface area contributed by atoms with Crippen LogP contribution in [0.2, 0.25) is 0 Å². The Morgan fingerprint density at radius 3 is 2.26 bits per heavy atom. The number of nitrogens with zero attached hydrogens (tertiary/aromatic N) is 2. The quantitative estimate of drug-likeness (QED) is 0.803. The Hall–Kier alpha value is -1.36. The molecule has 2 nitrogen and oxygen atoms in total. The zero-order chi connectivity index (χ0) is 12.8. The Labute approximate surface area is 114 Å². The molecule has 4 saturated carbocycles. The van der Waals surface area contributed by atoms with Gasteiger partial charge in [0.1, 0.15) is 0 Å². The molecule has 98 valence electrons. The van der Waals surface area contributed by atoms with E-state index in [9.17, 15) is 5.26 Å². The number of aromatic nitrogens is 1. The maximum atomic E-state index is 9.67. The van der Waals surface area contributed by atoms with E-state index >= 15 is 0 Å². The van der Waals surface area contributed by atoms with Crippen LogP contribution < -0.4 is 0 Å². The van der Waals surface area contributed by atoms with Crippen molar-refractivity contribution in [2.75, 3.05) is 0 Å². The summed E-state index contributed by atoms with van der Waals surface area (Å²) in [7, 11) is 0. The van der Waals surface area contributed by atoms with Gasteiger partial charge < -0.3 is 0 Å². The molecule has 1 aromatic rings. The Morgan fingerprint density at radius 2 is 1.74 bits per heavy atom. The molecule has 1 atom stereocenters. The third kappa shape index (κ3) is 1.79. The van der Waals surface area contributed by atoms with E-state index in [4.69, 9.17) is 0 Å². The topological polar surface area (TPSA) is 36.7 Å². The van der Waals surface area contributed by atoms with Crippen molar-refractivity contribution in [2.45, 2.75) is 38.0 Å². The molecule has 4 aliphatic rings. The summed E-state index contributed by atoms with van der Waals surface area (Å²) in [5, 5.41) is 9.67. The highest BCUT2D eigenvalue weighted by atomic mass is 14.7. The van der Waals surface area contributed by atoms with E-state index in [-0.39, 0.29) is 5.92 Å². The zero-order valence-corrected chi connectivity index (χ0v) is 11.2. The number of hydrogen-bond donors (Lipinski definition) is 0. The van der Waals surface area contributed by atoms with E-state index in [0.29, 0.717) is 5.92 Å². The van der Waals surface area contributed by atoms with Gasteiger partial charge >= 0.3 is 0 Å². The fraction of sp³-hybridized carbons (Fsp3) is 0.647. The zero-order valence-electron chi connectivity index (χ0n) is 11.2. The van der Waals surface area contributed by atoms with Gasteiger partial charge in [0, 0.05) is 6.20 Å². The summed E-state index contributed by atoms with van der Waals surface area (Å²) in [6.45, 7) is 0. The number of pyridine rings is 1. The van der Waals surface area contributed by atoms with Gasteiger partial charge in [-0.05, 0) is 73.8 Å². The van der Waals surface area contributed by atoms with Crippen molar-refractivity contribution in [1.29, 1.82) is 5.26 Å². The molecule has 0 aliphatic heterocycles. The Balaban J connectivity index is 1.66. The highest BCUT2D eigenvalue weighted by Crippen LogP contribution is 2.59. The fourth-order valence-electron chi connectivity index (χ4n) is 5.42. The Kier molecular flexibility index (Phi) is 2.62. The SMILES string of the molecule is N#CC(c1ccccn1)C1C2CC3CC(C2)CC1C3. The molecule has 4 bridgehead atoms. The van der Waals surface area contributed by atoms with Crippen LogP contribution >= 0.6 is 0 Å². The van der Waals surface area contributed by atoms with Crippen LogP contribution in [-0.4, -0.2) is 4.98 Å². The lowest BCUT2D eigenvalue weighted by atomic mass is 9.49. The second-order valence-electron chi connectivity index (χ2n) is 6.87.